The largest absolute Gasteiger partial charge is 0.416 e. The third-order valence-corrected chi connectivity index (χ3v) is 3.74. The SMILES string of the molecule is O=C(/C=C/c1ccccc1NSc1cccc(C(F)(F)F)c1)NO. The van der Waals surface area contributed by atoms with E-state index >= 15 is 0 Å². The zero-order chi connectivity index (χ0) is 17.6. The minimum Gasteiger partial charge on any atom is -0.325 e. The van der Waals surface area contributed by atoms with Crippen molar-refractivity contribution in [1.29, 1.82) is 0 Å². The highest BCUT2D eigenvalue weighted by Gasteiger charge is 2.30. The summed E-state index contributed by atoms with van der Waals surface area (Å²) in [7, 11) is 0. The number of rotatable bonds is 5. The van der Waals surface area contributed by atoms with E-state index in [1.807, 2.05) is 0 Å². The number of carbonyl (C=O) groups is 1. The van der Waals surface area contributed by atoms with Crippen LogP contribution < -0.4 is 10.2 Å². The van der Waals surface area contributed by atoms with Gasteiger partial charge in [-0.3, -0.25) is 10.0 Å². The van der Waals surface area contributed by atoms with E-state index in [2.05, 4.69) is 4.72 Å². The van der Waals surface area contributed by atoms with Crippen molar-refractivity contribution in [3.05, 3.63) is 65.7 Å². The van der Waals surface area contributed by atoms with E-state index in [1.165, 1.54) is 17.6 Å². The van der Waals surface area contributed by atoms with Gasteiger partial charge in [-0.15, -0.1) is 0 Å². The predicted octanol–water partition coefficient (Wildman–Crippen LogP) is 4.34. The number of amides is 1. The van der Waals surface area contributed by atoms with Crippen LogP contribution in [0.5, 0.6) is 0 Å². The molecule has 0 aliphatic heterocycles. The van der Waals surface area contributed by atoms with Crippen LogP contribution in [-0.2, 0) is 11.0 Å². The average molecular weight is 354 g/mol. The first-order chi connectivity index (χ1) is 11.4. The number of anilines is 1. The molecule has 0 saturated carbocycles. The first kappa shape index (κ1) is 17.9. The second kappa shape index (κ2) is 7.89. The van der Waals surface area contributed by atoms with Crippen molar-refractivity contribution in [2.45, 2.75) is 11.1 Å². The van der Waals surface area contributed by atoms with Crippen LogP contribution in [0.4, 0.5) is 18.9 Å². The molecule has 0 heterocycles. The average Bonchev–Trinajstić information content (AvgIpc) is 2.58. The topological polar surface area (TPSA) is 61.4 Å². The van der Waals surface area contributed by atoms with Crippen molar-refractivity contribution in [3.8, 4) is 0 Å². The Morgan fingerprint density at radius 1 is 1.12 bits per heavy atom. The molecule has 0 fully saturated rings. The van der Waals surface area contributed by atoms with Gasteiger partial charge in [-0.05, 0) is 47.9 Å². The van der Waals surface area contributed by atoms with Crippen molar-refractivity contribution in [2.24, 2.45) is 0 Å². The van der Waals surface area contributed by atoms with Gasteiger partial charge in [0, 0.05) is 11.0 Å². The monoisotopic (exact) mass is 354 g/mol. The van der Waals surface area contributed by atoms with Crippen molar-refractivity contribution >= 4 is 29.6 Å². The third kappa shape index (κ3) is 5.04. The molecule has 2 aromatic carbocycles. The van der Waals surface area contributed by atoms with Gasteiger partial charge in [0.05, 0.1) is 11.3 Å². The van der Waals surface area contributed by atoms with Gasteiger partial charge in [-0.2, -0.15) is 13.2 Å². The zero-order valence-corrected chi connectivity index (χ0v) is 13.0. The quantitative estimate of drug-likeness (QED) is 0.323. The summed E-state index contributed by atoms with van der Waals surface area (Å²) in [4.78, 5) is 11.4. The molecule has 0 aromatic heterocycles. The Labute approximate surface area is 140 Å². The first-order valence-electron chi connectivity index (χ1n) is 6.71. The van der Waals surface area contributed by atoms with Gasteiger partial charge in [0.1, 0.15) is 0 Å². The molecule has 0 aliphatic carbocycles. The molecule has 0 spiro atoms. The summed E-state index contributed by atoms with van der Waals surface area (Å²) in [6, 6.07) is 11.9. The van der Waals surface area contributed by atoms with Crippen LogP contribution in [0.3, 0.4) is 0 Å². The number of halogens is 3. The van der Waals surface area contributed by atoms with E-state index in [-0.39, 0.29) is 0 Å². The second-order valence-corrected chi connectivity index (χ2v) is 5.51. The lowest BCUT2D eigenvalue weighted by molar-refractivity contribution is -0.137. The summed E-state index contributed by atoms with van der Waals surface area (Å²) in [5.41, 5.74) is 2.01. The zero-order valence-electron chi connectivity index (χ0n) is 12.2. The maximum absolute atomic E-state index is 12.7. The van der Waals surface area contributed by atoms with Gasteiger partial charge in [0.2, 0.25) is 0 Å². The Balaban J connectivity index is 2.13. The number of nitrogens with one attached hydrogen (secondary N) is 2. The number of hydrogen-bond donors (Lipinski definition) is 3. The second-order valence-electron chi connectivity index (χ2n) is 4.63. The normalized spacial score (nSPS) is 11.5. The molecule has 24 heavy (non-hydrogen) atoms. The van der Waals surface area contributed by atoms with E-state index in [9.17, 15) is 18.0 Å². The fourth-order valence-electron chi connectivity index (χ4n) is 1.79. The molecule has 2 rings (SSSR count). The highest BCUT2D eigenvalue weighted by Crippen LogP contribution is 2.32. The van der Waals surface area contributed by atoms with E-state index in [0.717, 1.165) is 30.2 Å². The maximum atomic E-state index is 12.7. The Morgan fingerprint density at radius 3 is 2.58 bits per heavy atom. The molecule has 0 saturated heterocycles. The van der Waals surface area contributed by atoms with E-state index < -0.39 is 17.6 Å². The van der Waals surface area contributed by atoms with Crippen LogP contribution in [0.25, 0.3) is 6.08 Å². The molecular weight excluding hydrogens is 341 g/mol. The van der Waals surface area contributed by atoms with Gasteiger partial charge >= 0.3 is 6.18 Å². The van der Waals surface area contributed by atoms with Crippen molar-refractivity contribution in [3.63, 3.8) is 0 Å². The summed E-state index contributed by atoms with van der Waals surface area (Å²) in [6.45, 7) is 0. The van der Waals surface area contributed by atoms with Gasteiger partial charge < -0.3 is 4.72 Å². The molecule has 8 heteroatoms. The summed E-state index contributed by atoms with van der Waals surface area (Å²) >= 11 is 1.02. The molecule has 126 valence electrons. The van der Waals surface area contributed by atoms with Crippen LogP contribution in [0.1, 0.15) is 11.1 Å². The van der Waals surface area contributed by atoms with E-state index in [4.69, 9.17) is 5.21 Å². The number of alkyl halides is 3. The smallest absolute Gasteiger partial charge is 0.325 e. The fourth-order valence-corrected chi connectivity index (χ4v) is 2.53. The van der Waals surface area contributed by atoms with Gasteiger partial charge in [-0.25, -0.2) is 5.48 Å². The molecular formula is C16H13F3N2O2S. The van der Waals surface area contributed by atoms with Crippen LogP contribution >= 0.6 is 11.9 Å². The van der Waals surface area contributed by atoms with Gasteiger partial charge in [0.15, 0.2) is 0 Å². The minimum absolute atomic E-state index is 0.400. The number of para-hydroxylation sites is 1. The molecule has 3 N–H and O–H groups in total. The van der Waals surface area contributed by atoms with Crippen molar-refractivity contribution in [2.75, 3.05) is 4.72 Å². The number of hydrogen-bond acceptors (Lipinski definition) is 4. The third-order valence-electron chi connectivity index (χ3n) is 2.93. The molecule has 1 amide bonds. The van der Waals surface area contributed by atoms with Crippen LogP contribution in [0, 0.1) is 0 Å². The Bertz CT molecular complexity index is 748. The summed E-state index contributed by atoms with van der Waals surface area (Å²) in [6.07, 6.45) is -1.79. The Kier molecular flexibility index (Phi) is 5.88. The molecule has 2 aromatic rings. The summed E-state index contributed by atoms with van der Waals surface area (Å²) < 4.78 is 41.1. The Hall–Kier alpha value is -2.45. The molecule has 0 bridgehead atoms. The highest BCUT2D eigenvalue weighted by atomic mass is 32.2. The van der Waals surface area contributed by atoms with Crippen molar-refractivity contribution < 1.29 is 23.2 Å². The van der Waals surface area contributed by atoms with Gasteiger partial charge in [-0.1, -0.05) is 24.3 Å². The van der Waals surface area contributed by atoms with Gasteiger partial charge in [0.25, 0.3) is 5.91 Å². The summed E-state index contributed by atoms with van der Waals surface area (Å²) in [5, 5.41) is 8.46. The van der Waals surface area contributed by atoms with Crippen LogP contribution in [0.2, 0.25) is 0 Å². The maximum Gasteiger partial charge on any atom is 0.416 e. The predicted molar refractivity (Wildman–Crippen MR) is 86.3 cm³/mol. The summed E-state index contributed by atoms with van der Waals surface area (Å²) in [5.74, 6) is -0.685. The fraction of sp³-hybridized carbons (Fsp3) is 0.0625. The molecule has 0 aliphatic rings. The standard InChI is InChI=1S/C16H13F3N2O2S/c17-16(18,19)12-5-3-6-13(10-12)24-21-14-7-2-1-4-11(14)8-9-15(22)20-23/h1-10,21,23H,(H,20,22)/b9-8+. The lowest BCUT2D eigenvalue weighted by atomic mass is 10.1. The minimum atomic E-state index is -4.39. The Morgan fingerprint density at radius 2 is 1.88 bits per heavy atom. The van der Waals surface area contributed by atoms with E-state index in [0.29, 0.717) is 16.1 Å². The molecule has 0 radical (unpaired) electrons. The van der Waals surface area contributed by atoms with Crippen LogP contribution in [0.15, 0.2) is 59.5 Å². The number of benzene rings is 2. The van der Waals surface area contributed by atoms with Crippen LogP contribution in [-0.4, -0.2) is 11.1 Å². The number of carbonyl (C=O) groups excluding carboxylic acids is 1. The van der Waals surface area contributed by atoms with Crippen molar-refractivity contribution in [1.82, 2.24) is 5.48 Å². The number of hydroxylamine groups is 1. The molecule has 4 nitrogen and oxygen atoms in total. The highest BCUT2D eigenvalue weighted by molar-refractivity contribution is 8.00. The first-order valence-corrected chi connectivity index (χ1v) is 7.53. The molecule has 0 unspecified atom stereocenters. The lowest BCUT2D eigenvalue weighted by Crippen LogP contribution is -2.14. The lowest BCUT2D eigenvalue weighted by Gasteiger charge is -2.11. The molecule has 0 atom stereocenters. The van der Waals surface area contributed by atoms with E-state index in [1.54, 1.807) is 30.3 Å².